The molecule has 164 valence electrons. The highest BCUT2D eigenvalue weighted by Gasteiger charge is 2.41. The predicted molar refractivity (Wildman–Crippen MR) is 117 cm³/mol. The second kappa shape index (κ2) is 7.86. The Kier molecular flexibility index (Phi) is 5.50. The largest absolute Gasteiger partial charge is 0.417 e. The number of nitrogens with one attached hydrogen (secondary N) is 1. The molecule has 1 aromatic heterocycles. The molecule has 2 aliphatic rings. The van der Waals surface area contributed by atoms with Gasteiger partial charge in [-0.05, 0) is 61.4 Å². The van der Waals surface area contributed by atoms with Crippen molar-refractivity contribution in [2.24, 2.45) is 5.16 Å². The highest BCUT2D eigenvalue weighted by atomic mass is 35.5. The minimum absolute atomic E-state index is 0. The Morgan fingerprint density at radius 3 is 2.48 bits per heavy atom. The van der Waals surface area contributed by atoms with E-state index in [1.54, 1.807) is 18.2 Å². The third-order valence-corrected chi connectivity index (χ3v) is 6.31. The number of hydrogen-bond donors (Lipinski definition) is 1. The van der Waals surface area contributed by atoms with E-state index >= 15 is 0 Å². The van der Waals surface area contributed by atoms with Crippen LogP contribution in [0.25, 0.3) is 22.2 Å². The van der Waals surface area contributed by atoms with Gasteiger partial charge in [0.05, 0.1) is 16.6 Å². The zero-order chi connectivity index (χ0) is 20.9. The fourth-order valence-corrected chi connectivity index (χ4v) is 4.72. The second-order valence-corrected chi connectivity index (χ2v) is 8.31. The number of fused-ring (bicyclic) bond motifs is 1. The second-order valence-electron chi connectivity index (χ2n) is 8.31. The van der Waals surface area contributed by atoms with E-state index in [4.69, 9.17) is 9.82 Å². The molecule has 5 rings (SSSR count). The fraction of sp³-hybridized carbons (Fsp3) is 0.391. The van der Waals surface area contributed by atoms with Crippen LogP contribution in [0.4, 0.5) is 13.2 Å². The van der Waals surface area contributed by atoms with Gasteiger partial charge in [0.2, 0.25) is 0 Å². The number of aryl methyl sites for hydroxylation is 1. The Morgan fingerprint density at radius 1 is 1.00 bits per heavy atom. The van der Waals surface area contributed by atoms with Crippen LogP contribution in [0.5, 0.6) is 0 Å². The van der Waals surface area contributed by atoms with Gasteiger partial charge in [0.1, 0.15) is 11.3 Å². The molecule has 0 amide bonds. The molecule has 2 heterocycles. The monoisotopic (exact) mass is 449 g/mol. The summed E-state index contributed by atoms with van der Waals surface area (Å²) in [4.78, 5) is 13.8. The third-order valence-electron chi connectivity index (χ3n) is 6.31. The topological polar surface area (TPSA) is 50.3 Å². The van der Waals surface area contributed by atoms with Gasteiger partial charge in [-0.15, -0.1) is 12.4 Å². The third kappa shape index (κ3) is 3.80. The van der Waals surface area contributed by atoms with Crippen molar-refractivity contribution in [3.05, 3.63) is 53.3 Å². The molecule has 1 fully saturated rings. The van der Waals surface area contributed by atoms with E-state index in [-0.39, 0.29) is 23.6 Å². The van der Waals surface area contributed by atoms with Crippen LogP contribution >= 0.6 is 12.4 Å². The standard InChI is InChI=1S/C23H22F3N3O.ClH/c1-14-15(16-7-3-4-8-17(16)23(24,25)26)9-10-18-20(14)28-21(27-18)19-13-22(30-29-19)11-5-2-6-12-22;/h3-4,7-10H,2,5-6,11-13H2,1H3,(H,27,28);1H. The zero-order valence-electron chi connectivity index (χ0n) is 17.1. The molecule has 0 unspecified atom stereocenters. The average Bonchev–Trinajstić information content (AvgIpc) is 3.33. The van der Waals surface area contributed by atoms with Gasteiger partial charge in [-0.1, -0.05) is 35.8 Å². The summed E-state index contributed by atoms with van der Waals surface area (Å²) in [7, 11) is 0. The van der Waals surface area contributed by atoms with Crippen LogP contribution in [0.1, 0.15) is 55.5 Å². The first-order valence-corrected chi connectivity index (χ1v) is 10.3. The van der Waals surface area contributed by atoms with Gasteiger partial charge in [-0.2, -0.15) is 13.2 Å². The minimum atomic E-state index is -4.42. The molecule has 1 aliphatic heterocycles. The van der Waals surface area contributed by atoms with Crippen molar-refractivity contribution < 1.29 is 18.0 Å². The van der Waals surface area contributed by atoms with Crippen molar-refractivity contribution in [1.82, 2.24) is 9.97 Å². The summed E-state index contributed by atoms with van der Waals surface area (Å²) in [6.07, 6.45) is 1.81. The Balaban J connectivity index is 0.00000231. The van der Waals surface area contributed by atoms with E-state index in [0.29, 0.717) is 22.5 Å². The Labute approximate surface area is 184 Å². The summed E-state index contributed by atoms with van der Waals surface area (Å²) >= 11 is 0. The van der Waals surface area contributed by atoms with E-state index < -0.39 is 11.7 Å². The van der Waals surface area contributed by atoms with Gasteiger partial charge in [-0.25, -0.2) is 4.98 Å². The van der Waals surface area contributed by atoms with Crippen LogP contribution < -0.4 is 0 Å². The van der Waals surface area contributed by atoms with Gasteiger partial charge in [0.25, 0.3) is 0 Å². The van der Waals surface area contributed by atoms with Crippen molar-refractivity contribution >= 4 is 29.2 Å². The Hall–Kier alpha value is -2.54. The highest BCUT2D eigenvalue weighted by Crippen LogP contribution is 2.41. The lowest BCUT2D eigenvalue weighted by Crippen LogP contribution is -2.31. The van der Waals surface area contributed by atoms with Crippen LogP contribution in [0.15, 0.2) is 41.6 Å². The Bertz CT molecular complexity index is 1150. The number of alkyl halides is 3. The number of H-pyrrole nitrogens is 1. The maximum atomic E-state index is 13.5. The number of aromatic nitrogens is 2. The van der Waals surface area contributed by atoms with E-state index in [0.717, 1.165) is 49.4 Å². The molecule has 0 saturated heterocycles. The predicted octanol–water partition coefficient (Wildman–Crippen LogP) is 6.81. The van der Waals surface area contributed by atoms with Gasteiger partial charge in [0.15, 0.2) is 5.82 Å². The lowest BCUT2D eigenvalue weighted by Gasteiger charge is -2.30. The molecular formula is C23H23ClF3N3O. The number of rotatable bonds is 2. The molecule has 1 N–H and O–H groups in total. The van der Waals surface area contributed by atoms with E-state index in [2.05, 4.69) is 10.1 Å². The number of halogens is 4. The van der Waals surface area contributed by atoms with Crippen molar-refractivity contribution in [1.29, 1.82) is 0 Å². The SMILES string of the molecule is Cc1c(-c2ccccc2C(F)(F)F)ccc2[nH]c(C3=NOC4(CCCCC4)C3)nc12.Cl. The van der Waals surface area contributed by atoms with Crippen molar-refractivity contribution in [2.75, 3.05) is 0 Å². The molecule has 1 spiro atoms. The van der Waals surface area contributed by atoms with Gasteiger partial charge in [-0.3, -0.25) is 0 Å². The van der Waals surface area contributed by atoms with Crippen LogP contribution in [0, 0.1) is 6.92 Å². The molecule has 0 radical (unpaired) electrons. The highest BCUT2D eigenvalue weighted by molar-refractivity contribution is 6.01. The number of oxime groups is 1. The molecule has 2 aromatic carbocycles. The van der Waals surface area contributed by atoms with Crippen LogP contribution in [-0.4, -0.2) is 21.3 Å². The molecule has 8 heteroatoms. The normalized spacial score (nSPS) is 18.0. The van der Waals surface area contributed by atoms with Crippen molar-refractivity contribution in [2.45, 2.75) is 57.2 Å². The van der Waals surface area contributed by atoms with Crippen LogP contribution in [0.2, 0.25) is 0 Å². The Morgan fingerprint density at radius 2 is 1.74 bits per heavy atom. The average molecular weight is 450 g/mol. The first-order chi connectivity index (χ1) is 14.4. The summed E-state index contributed by atoms with van der Waals surface area (Å²) in [5.41, 5.74) is 2.77. The van der Waals surface area contributed by atoms with Crippen molar-refractivity contribution in [3.63, 3.8) is 0 Å². The van der Waals surface area contributed by atoms with Crippen LogP contribution in [-0.2, 0) is 11.0 Å². The van der Waals surface area contributed by atoms with E-state index in [1.165, 1.54) is 18.6 Å². The quantitative estimate of drug-likeness (QED) is 0.467. The maximum absolute atomic E-state index is 13.5. The maximum Gasteiger partial charge on any atom is 0.417 e. The fourth-order valence-electron chi connectivity index (χ4n) is 4.72. The van der Waals surface area contributed by atoms with Crippen molar-refractivity contribution in [3.8, 4) is 11.1 Å². The molecule has 0 bridgehead atoms. The number of aromatic amines is 1. The molecule has 1 aliphatic carbocycles. The summed E-state index contributed by atoms with van der Waals surface area (Å²) in [5.74, 6) is 0.636. The number of nitrogens with zero attached hydrogens (tertiary/aromatic N) is 2. The van der Waals surface area contributed by atoms with Gasteiger partial charge < -0.3 is 9.82 Å². The summed E-state index contributed by atoms with van der Waals surface area (Å²) < 4.78 is 40.5. The summed E-state index contributed by atoms with van der Waals surface area (Å²) in [6.45, 7) is 1.81. The molecule has 0 atom stereocenters. The van der Waals surface area contributed by atoms with Crippen LogP contribution in [0.3, 0.4) is 0 Å². The smallest absolute Gasteiger partial charge is 0.388 e. The lowest BCUT2D eigenvalue weighted by molar-refractivity contribution is -0.137. The summed E-state index contributed by atoms with van der Waals surface area (Å²) in [5, 5.41) is 4.31. The molecule has 3 aromatic rings. The lowest BCUT2D eigenvalue weighted by atomic mass is 9.81. The van der Waals surface area contributed by atoms with E-state index in [1.807, 2.05) is 6.92 Å². The summed E-state index contributed by atoms with van der Waals surface area (Å²) in [6, 6.07) is 9.16. The number of imidazole rings is 1. The van der Waals surface area contributed by atoms with E-state index in [9.17, 15) is 13.2 Å². The molecule has 31 heavy (non-hydrogen) atoms. The van der Waals surface area contributed by atoms with Gasteiger partial charge in [0, 0.05) is 6.42 Å². The number of benzene rings is 2. The molecular weight excluding hydrogens is 427 g/mol. The minimum Gasteiger partial charge on any atom is -0.388 e. The first-order valence-electron chi connectivity index (χ1n) is 10.3. The number of hydrogen-bond acceptors (Lipinski definition) is 3. The molecule has 1 saturated carbocycles. The first kappa shape index (κ1) is 21.7. The molecule has 4 nitrogen and oxygen atoms in total. The zero-order valence-corrected chi connectivity index (χ0v) is 17.9. The van der Waals surface area contributed by atoms with Gasteiger partial charge >= 0.3 is 6.18 Å².